The molecule has 0 saturated carbocycles. The van der Waals surface area contributed by atoms with E-state index in [-0.39, 0.29) is 5.91 Å². The van der Waals surface area contributed by atoms with Crippen LogP contribution in [-0.4, -0.2) is 5.91 Å². The van der Waals surface area contributed by atoms with Crippen LogP contribution in [0.15, 0.2) is 42.5 Å². The van der Waals surface area contributed by atoms with Gasteiger partial charge in [0.05, 0.1) is 0 Å². The van der Waals surface area contributed by atoms with Gasteiger partial charge in [-0.2, -0.15) is 0 Å². The van der Waals surface area contributed by atoms with Crippen LogP contribution >= 0.6 is 0 Å². The number of aryl methyl sites for hydroxylation is 3. The summed E-state index contributed by atoms with van der Waals surface area (Å²) in [6.45, 7) is 5.95. The first kappa shape index (κ1) is 12.4. The quantitative estimate of drug-likeness (QED) is 0.847. The van der Waals surface area contributed by atoms with E-state index in [4.69, 9.17) is 0 Å². The molecule has 92 valence electrons. The third kappa shape index (κ3) is 2.59. The molecule has 0 heterocycles. The maximum Gasteiger partial charge on any atom is 0.255 e. The fourth-order valence-corrected chi connectivity index (χ4v) is 1.89. The van der Waals surface area contributed by atoms with E-state index in [2.05, 4.69) is 5.32 Å². The molecule has 0 aromatic heterocycles. The van der Waals surface area contributed by atoms with Crippen molar-refractivity contribution in [3.63, 3.8) is 0 Å². The first-order chi connectivity index (χ1) is 8.58. The van der Waals surface area contributed by atoms with Crippen molar-refractivity contribution < 1.29 is 4.79 Å². The third-order valence-corrected chi connectivity index (χ3v) is 3.03. The number of anilines is 1. The van der Waals surface area contributed by atoms with E-state index < -0.39 is 0 Å². The SMILES string of the molecule is Cc1ccc(C)c(NC(=O)c2ccccc2C)c1. The summed E-state index contributed by atoms with van der Waals surface area (Å²) >= 11 is 0. The van der Waals surface area contributed by atoms with Crippen molar-refractivity contribution in [1.82, 2.24) is 0 Å². The fraction of sp³-hybridized carbons (Fsp3) is 0.188. The first-order valence-corrected chi connectivity index (χ1v) is 6.02. The van der Waals surface area contributed by atoms with Crippen molar-refractivity contribution in [3.8, 4) is 0 Å². The number of benzene rings is 2. The van der Waals surface area contributed by atoms with Gasteiger partial charge in [-0.15, -0.1) is 0 Å². The van der Waals surface area contributed by atoms with Gasteiger partial charge in [-0.1, -0.05) is 30.3 Å². The maximum atomic E-state index is 12.2. The molecule has 0 aliphatic rings. The molecule has 18 heavy (non-hydrogen) atoms. The molecule has 2 nitrogen and oxygen atoms in total. The van der Waals surface area contributed by atoms with Gasteiger partial charge in [0.2, 0.25) is 0 Å². The van der Waals surface area contributed by atoms with E-state index in [0.29, 0.717) is 0 Å². The molecule has 0 radical (unpaired) electrons. The summed E-state index contributed by atoms with van der Waals surface area (Å²) in [6, 6.07) is 13.6. The Morgan fingerprint density at radius 2 is 1.67 bits per heavy atom. The smallest absolute Gasteiger partial charge is 0.255 e. The van der Waals surface area contributed by atoms with E-state index in [1.807, 2.05) is 63.2 Å². The Labute approximate surface area is 108 Å². The zero-order valence-corrected chi connectivity index (χ0v) is 10.9. The highest BCUT2D eigenvalue weighted by Gasteiger charge is 2.09. The van der Waals surface area contributed by atoms with Gasteiger partial charge < -0.3 is 5.32 Å². The molecule has 0 aliphatic carbocycles. The molecule has 0 saturated heterocycles. The zero-order chi connectivity index (χ0) is 13.1. The molecule has 0 spiro atoms. The molecular formula is C16H17NO. The van der Waals surface area contributed by atoms with Crippen LogP contribution in [0.2, 0.25) is 0 Å². The fourth-order valence-electron chi connectivity index (χ4n) is 1.89. The van der Waals surface area contributed by atoms with Gasteiger partial charge in [0, 0.05) is 11.3 Å². The summed E-state index contributed by atoms with van der Waals surface area (Å²) in [5.74, 6) is -0.0539. The van der Waals surface area contributed by atoms with Gasteiger partial charge in [-0.3, -0.25) is 4.79 Å². The van der Waals surface area contributed by atoms with Crippen LogP contribution in [0.1, 0.15) is 27.0 Å². The normalized spacial score (nSPS) is 10.2. The molecule has 2 heteroatoms. The van der Waals surface area contributed by atoms with Crippen LogP contribution in [-0.2, 0) is 0 Å². The molecule has 0 unspecified atom stereocenters. The number of rotatable bonds is 2. The Kier molecular flexibility index (Phi) is 3.47. The van der Waals surface area contributed by atoms with Crippen LogP contribution in [0, 0.1) is 20.8 Å². The highest BCUT2D eigenvalue weighted by atomic mass is 16.1. The van der Waals surface area contributed by atoms with Crippen molar-refractivity contribution in [2.75, 3.05) is 5.32 Å². The van der Waals surface area contributed by atoms with Gasteiger partial charge in [0.25, 0.3) is 5.91 Å². The minimum Gasteiger partial charge on any atom is -0.322 e. The summed E-state index contributed by atoms with van der Waals surface area (Å²) in [5.41, 5.74) is 4.80. The van der Waals surface area contributed by atoms with Gasteiger partial charge in [0.1, 0.15) is 0 Å². The number of carbonyl (C=O) groups excluding carboxylic acids is 1. The lowest BCUT2D eigenvalue weighted by atomic mass is 10.1. The standard InChI is InChI=1S/C16H17NO/c1-11-8-9-13(3)15(10-11)17-16(18)14-7-5-4-6-12(14)2/h4-10H,1-3H3,(H,17,18). The van der Waals surface area contributed by atoms with Crippen molar-refractivity contribution in [2.45, 2.75) is 20.8 Å². The number of carbonyl (C=O) groups is 1. The molecule has 2 aromatic carbocycles. The van der Waals surface area contributed by atoms with Crippen LogP contribution in [0.5, 0.6) is 0 Å². The molecular weight excluding hydrogens is 222 g/mol. The minimum absolute atomic E-state index is 0.0539. The highest BCUT2D eigenvalue weighted by molar-refractivity contribution is 6.05. The Bertz CT molecular complexity index is 587. The molecule has 1 amide bonds. The van der Waals surface area contributed by atoms with E-state index >= 15 is 0 Å². The molecule has 2 aromatic rings. The van der Waals surface area contributed by atoms with Gasteiger partial charge in [-0.05, 0) is 49.6 Å². The Morgan fingerprint density at radius 3 is 2.39 bits per heavy atom. The molecule has 0 bridgehead atoms. The van der Waals surface area contributed by atoms with Crippen molar-refractivity contribution in [3.05, 3.63) is 64.7 Å². The van der Waals surface area contributed by atoms with Crippen LogP contribution in [0.4, 0.5) is 5.69 Å². The Hall–Kier alpha value is -2.09. The lowest BCUT2D eigenvalue weighted by molar-refractivity contribution is 0.102. The molecule has 1 N–H and O–H groups in total. The average Bonchev–Trinajstić information content (AvgIpc) is 2.34. The van der Waals surface area contributed by atoms with Crippen molar-refractivity contribution >= 4 is 11.6 Å². The van der Waals surface area contributed by atoms with Crippen molar-refractivity contribution in [1.29, 1.82) is 0 Å². The van der Waals surface area contributed by atoms with E-state index in [0.717, 1.165) is 27.9 Å². The number of amides is 1. The second-order valence-corrected chi connectivity index (χ2v) is 4.59. The summed E-state index contributed by atoms with van der Waals surface area (Å²) in [6.07, 6.45) is 0. The number of hydrogen-bond donors (Lipinski definition) is 1. The zero-order valence-electron chi connectivity index (χ0n) is 10.9. The largest absolute Gasteiger partial charge is 0.322 e. The maximum absolute atomic E-state index is 12.2. The topological polar surface area (TPSA) is 29.1 Å². The summed E-state index contributed by atoms with van der Waals surface area (Å²) < 4.78 is 0. The second-order valence-electron chi connectivity index (χ2n) is 4.59. The van der Waals surface area contributed by atoms with Crippen LogP contribution in [0.25, 0.3) is 0 Å². The average molecular weight is 239 g/mol. The second kappa shape index (κ2) is 5.05. The number of hydrogen-bond acceptors (Lipinski definition) is 1. The Balaban J connectivity index is 2.27. The van der Waals surface area contributed by atoms with Crippen LogP contribution in [0.3, 0.4) is 0 Å². The van der Waals surface area contributed by atoms with Gasteiger partial charge >= 0.3 is 0 Å². The monoisotopic (exact) mass is 239 g/mol. The van der Waals surface area contributed by atoms with Gasteiger partial charge in [-0.25, -0.2) is 0 Å². The summed E-state index contributed by atoms with van der Waals surface area (Å²) in [7, 11) is 0. The predicted octanol–water partition coefficient (Wildman–Crippen LogP) is 3.86. The summed E-state index contributed by atoms with van der Waals surface area (Å²) in [5, 5.41) is 2.97. The van der Waals surface area contributed by atoms with Gasteiger partial charge in [0.15, 0.2) is 0 Å². The third-order valence-electron chi connectivity index (χ3n) is 3.03. The lowest BCUT2D eigenvalue weighted by Gasteiger charge is -2.10. The van der Waals surface area contributed by atoms with Crippen LogP contribution < -0.4 is 5.32 Å². The molecule has 2 rings (SSSR count). The number of nitrogens with one attached hydrogen (secondary N) is 1. The molecule has 0 atom stereocenters. The summed E-state index contributed by atoms with van der Waals surface area (Å²) in [4.78, 5) is 12.2. The van der Waals surface area contributed by atoms with E-state index in [1.165, 1.54) is 0 Å². The Morgan fingerprint density at radius 1 is 0.944 bits per heavy atom. The minimum atomic E-state index is -0.0539. The predicted molar refractivity (Wildman–Crippen MR) is 75.0 cm³/mol. The highest BCUT2D eigenvalue weighted by Crippen LogP contribution is 2.18. The van der Waals surface area contributed by atoms with E-state index in [1.54, 1.807) is 0 Å². The lowest BCUT2D eigenvalue weighted by Crippen LogP contribution is -2.14. The first-order valence-electron chi connectivity index (χ1n) is 6.02. The molecule has 0 aliphatic heterocycles. The van der Waals surface area contributed by atoms with E-state index in [9.17, 15) is 4.79 Å². The van der Waals surface area contributed by atoms with Crippen molar-refractivity contribution in [2.24, 2.45) is 0 Å². The molecule has 0 fully saturated rings.